The van der Waals surface area contributed by atoms with Gasteiger partial charge in [-0.1, -0.05) is 25.0 Å². The Hall–Kier alpha value is -2.04. The van der Waals surface area contributed by atoms with Crippen LogP contribution in [0.1, 0.15) is 32.1 Å². The van der Waals surface area contributed by atoms with Gasteiger partial charge in [-0.3, -0.25) is 4.79 Å². The molecule has 1 aliphatic carbocycles. The lowest BCUT2D eigenvalue weighted by atomic mass is 10.1. The molecule has 2 fully saturated rings. The van der Waals surface area contributed by atoms with E-state index in [9.17, 15) is 4.79 Å². The number of nitrogens with zero attached hydrogens (tertiary/aromatic N) is 2. The van der Waals surface area contributed by atoms with Crippen LogP contribution in [0.3, 0.4) is 0 Å². The molecule has 2 aliphatic rings. The predicted octanol–water partition coefficient (Wildman–Crippen LogP) is 3.03. The number of benzene rings is 1. The van der Waals surface area contributed by atoms with Crippen LogP contribution in [0.2, 0.25) is 0 Å². The van der Waals surface area contributed by atoms with Crippen molar-refractivity contribution in [2.24, 2.45) is 5.92 Å². The summed E-state index contributed by atoms with van der Waals surface area (Å²) in [5.74, 6) is 0.613. The number of aromatic nitrogens is 1. The smallest absolute Gasteiger partial charge is 0.295 e. The first kappa shape index (κ1) is 13.6. The number of hydrogen-bond acceptors (Lipinski definition) is 4. The maximum absolute atomic E-state index is 12.4. The highest BCUT2D eigenvalue weighted by molar-refractivity contribution is 5.79. The number of fused-ring (bicyclic) bond motifs is 1. The summed E-state index contributed by atoms with van der Waals surface area (Å²) in [4.78, 5) is 18.9. The number of para-hydroxylation sites is 2. The zero-order valence-electron chi connectivity index (χ0n) is 12.6. The zero-order chi connectivity index (χ0) is 14.9. The topological polar surface area (TPSA) is 58.4 Å². The number of nitrogens with one attached hydrogen (secondary N) is 1. The van der Waals surface area contributed by atoms with Crippen LogP contribution in [0.5, 0.6) is 0 Å². The van der Waals surface area contributed by atoms with E-state index in [4.69, 9.17) is 4.42 Å². The molecule has 5 heteroatoms. The van der Waals surface area contributed by atoms with Gasteiger partial charge in [0.2, 0.25) is 5.91 Å². The average molecular weight is 299 g/mol. The van der Waals surface area contributed by atoms with Gasteiger partial charge in [-0.05, 0) is 31.4 Å². The van der Waals surface area contributed by atoms with Crippen LogP contribution in [0.25, 0.3) is 11.1 Å². The number of carbonyl (C=O) groups is 1. The third-order valence-corrected chi connectivity index (χ3v) is 4.83. The number of amides is 1. The summed E-state index contributed by atoms with van der Waals surface area (Å²) in [6.07, 6.45) is 5.50. The first-order valence-corrected chi connectivity index (χ1v) is 8.20. The largest absolute Gasteiger partial charge is 0.424 e. The van der Waals surface area contributed by atoms with E-state index in [-0.39, 0.29) is 12.0 Å². The highest BCUT2D eigenvalue weighted by Crippen LogP contribution is 2.28. The van der Waals surface area contributed by atoms with E-state index in [0.717, 1.165) is 43.5 Å². The second kappa shape index (κ2) is 5.63. The Balaban J connectivity index is 1.39. The molecular weight excluding hydrogens is 278 g/mol. The number of likely N-dealkylation sites (tertiary alicyclic amines) is 1. The lowest BCUT2D eigenvalue weighted by molar-refractivity contribution is -0.134. The van der Waals surface area contributed by atoms with E-state index in [1.165, 1.54) is 12.8 Å². The Morgan fingerprint density at radius 3 is 2.86 bits per heavy atom. The fourth-order valence-corrected chi connectivity index (χ4v) is 3.62. The van der Waals surface area contributed by atoms with Gasteiger partial charge in [-0.15, -0.1) is 0 Å². The first-order chi connectivity index (χ1) is 10.8. The zero-order valence-corrected chi connectivity index (χ0v) is 12.6. The third kappa shape index (κ3) is 2.56. The van der Waals surface area contributed by atoms with Gasteiger partial charge in [0, 0.05) is 25.0 Å². The van der Waals surface area contributed by atoms with Gasteiger partial charge in [0.15, 0.2) is 5.58 Å². The number of oxazole rings is 1. The van der Waals surface area contributed by atoms with E-state index >= 15 is 0 Å². The van der Waals surface area contributed by atoms with Crippen molar-refractivity contribution in [1.29, 1.82) is 0 Å². The van der Waals surface area contributed by atoms with Gasteiger partial charge in [-0.25, -0.2) is 0 Å². The van der Waals surface area contributed by atoms with E-state index in [1.807, 2.05) is 29.2 Å². The fraction of sp³-hybridized carbons (Fsp3) is 0.529. The van der Waals surface area contributed by atoms with Crippen LogP contribution in [0, 0.1) is 5.92 Å². The lowest BCUT2D eigenvalue weighted by Crippen LogP contribution is -2.35. The van der Waals surface area contributed by atoms with Crippen LogP contribution in [-0.4, -0.2) is 34.9 Å². The molecule has 5 nitrogen and oxygen atoms in total. The van der Waals surface area contributed by atoms with Gasteiger partial charge in [0.1, 0.15) is 5.52 Å². The average Bonchev–Trinajstić information content (AvgIpc) is 3.27. The normalized spacial score (nSPS) is 22.5. The van der Waals surface area contributed by atoms with E-state index < -0.39 is 0 Å². The molecule has 1 aromatic heterocycles. The summed E-state index contributed by atoms with van der Waals surface area (Å²) in [5.41, 5.74) is 1.66. The molecule has 1 atom stereocenters. The van der Waals surface area contributed by atoms with E-state index in [2.05, 4.69) is 10.3 Å². The molecule has 1 unspecified atom stereocenters. The summed E-state index contributed by atoms with van der Waals surface area (Å²) < 4.78 is 5.70. The SMILES string of the molecule is O=C(C1CCCC1)N1CCC(Nc2nc3ccccc3o2)C1. The molecular formula is C17H21N3O2. The molecule has 0 spiro atoms. The van der Waals surface area contributed by atoms with Crippen molar-refractivity contribution in [2.45, 2.75) is 38.1 Å². The number of rotatable bonds is 3. The molecule has 1 N–H and O–H groups in total. The minimum absolute atomic E-state index is 0.235. The summed E-state index contributed by atoms with van der Waals surface area (Å²) in [7, 11) is 0. The van der Waals surface area contributed by atoms with Crippen LogP contribution in [0.15, 0.2) is 28.7 Å². The summed E-state index contributed by atoms with van der Waals surface area (Å²) in [5, 5.41) is 3.33. The second-order valence-electron chi connectivity index (χ2n) is 6.38. The monoisotopic (exact) mass is 299 g/mol. The maximum Gasteiger partial charge on any atom is 0.295 e. The Kier molecular flexibility index (Phi) is 3.48. The molecule has 22 heavy (non-hydrogen) atoms. The molecule has 0 bridgehead atoms. The Morgan fingerprint density at radius 2 is 2.05 bits per heavy atom. The molecule has 1 aliphatic heterocycles. The summed E-state index contributed by atoms with van der Waals surface area (Å²) in [6.45, 7) is 1.60. The number of hydrogen-bond donors (Lipinski definition) is 1. The quantitative estimate of drug-likeness (QED) is 0.946. The second-order valence-corrected chi connectivity index (χ2v) is 6.38. The number of carbonyl (C=O) groups excluding carboxylic acids is 1. The van der Waals surface area contributed by atoms with Crippen molar-refractivity contribution in [2.75, 3.05) is 18.4 Å². The molecule has 1 amide bonds. The molecule has 1 saturated carbocycles. The van der Waals surface area contributed by atoms with Crippen molar-refractivity contribution < 1.29 is 9.21 Å². The fourth-order valence-electron chi connectivity index (χ4n) is 3.62. The predicted molar refractivity (Wildman–Crippen MR) is 84.6 cm³/mol. The van der Waals surface area contributed by atoms with Crippen LogP contribution in [-0.2, 0) is 4.79 Å². The molecule has 0 radical (unpaired) electrons. The van der Waals surface area contributed by atoms with Crippen molar-refractivity contribution in [3.8, 4) is 0 Å². The summed E-state index contributed by atoms with van der Waals surface area (Å²) in [6, 6.07) is 8.54. The Bertz CT molecular complexity index is 642. The van der Waals surface area contributed by atoms with Gasteiger partial charge in [0.05, 0.1) is 0 Å². The van der Waals surface area contributed by atoms with Crippen LogP contribution in [0.4, 0.5) is 6.01 Å². The van der Waals surface area contributed by atoms with Crippen LogP contribution < -0.4 is 5.32 Å². The number of anilines is 1. The molecule has 2 aromatic rings. The Labute approximate surface area is 129 Å². The Morgan fingerprint density at radius 1 is 1.23 bits per heavy atom. The van der Waals surface area contributed by atoms with Crippen molar-refractivity contribution in [3.05, 3.63) is 24.3 Å². The molecule has 1 aromatic carbocycles. The minimum Gasteiger partial charge on any atom is -0.424 e. The minimum atomic E-state index is 0.235. The van der Waals surface area contributed by atoms with E-state index in [1.54, 1.807) is 0 Å². The summed E-state index contributed by atoms with van der Waals surface area (Å²) >= 11 is 0. The van der Waals surface area contributed by atoms with Crippen LogP contribution >= 0.6 is 0 Å². The molecule has 116 valence electrons. The van der Waals surface area contributed by atoms with Gasteiger partial charge >= 0.3 is 0 Å². The van der Waals surface area contributed by atoms with Crippen molar-refractivity contribution in [3.63, 3.8) is 0 Å². The third-order valence-electron chi connectivity index (χ3n) is 4.83. The highest BCUT2D eigenvalue weighted by Gasteiger charge is 2.32. The standard InChI is InChI=1S/C17H21N3O2/c21-16(12-5-1-2-6-12)20-10-9-13(11-20)18-17-19-14-7-3-4-8-15(14)22-17/h3-4,7-8,12-13H,1-2,5-6,9-11H2,(H,18,19). The van der Waals surface area contributed by atoms with Gasteiger partial charge in [-0.2, -0.15) is 4.98 Å². The maximum atomic E-state index is 12.4. The molecule has 2 heterocycles. The highest BCUT2D eigenvalue weighted by atomic mass is 16.4. The molecule has 1 saturated heterocycles. The van der Waals surface area contributed by atoms with Crippen molar-refractivity contribution in [1.82, 2.24) is 9.88 Å². The lowest BCUT2D eigenvalue weighted by Gasteiger charge is -2.20. The first-order valence-electron chi connectivity index (χ1n) is 8.20. The van der Waals surface area contributed by atoms with Gasteiger partial charge in [0.25, 0.3) is 6.01 Å². The molecule has 4 rings (SSSR count). The van der Waals surface area contributed by atoms with Gasteiger partial charge < -0.3 is 14.6 Å². The van der Waals surface area contributed by atoms with Crippen molar-refractivity contribution >= 4 is 23.0 Å². The van der Waals surface area contributed by atoms with E-state index in [0.29, 0.717) is 11.9 Å².